The third kappa shape index (κ3) is 3.47. The highest BCUT2D eigenvalue weighted by Gasteiger charge is 2.26. The summed E-state index contributed by atoms with van der Waals surface area (Å²) in [5, 5.41) is 0. The van der Waals surface area contributed by atoms with Gasteiger partial charge in [-0.2, -0.15) is 0 Å². The van der Waals surface area contributed by atoms with E-state index in [9.17, 15) is 0 Å². The molecule has 1 aromatic carbocycles. The Hall–Kier alpha value is -1.06. The maximum Gasteiger partial charge on any atom is 0.118 e. The van der Waals surface area contributed by atoms with Crippen LogP contribution in [0.25, 0.3) is 0 Å². The fourth-order valence-corrected chi connectivity index (χ4v) is 2.61. The van der Waals surface area contributed by atoms with E-state index in [0.717, 1.165) is 25.3 Å². The summed E-state index contributed by atoms with van der Waals surface area (Å²) in [4.78, 5) is 0. The van der Waals surface area contributed by atoms with Crippen LogP contribution in [0.1, 0.15) is 24.8 Å². The van der Waals surface area contributed by atoms with Crippen molar-refractivity contribution < 1.29 is 9.47 Å². The molecule has 0 aromatic heterocycles. The Bertz CT molecular complexity index is 350. The van der Waals surface area contributed by atoms with E-state index in [-0.39, 0.29) is 0 Å². The van der Waals surface area contributed by atoms with Crippen LogP contribution in [-0.4, -0.2) is 26.4 Å². The number of rotatable bonds is 6. The second-order valence-electron chi connectivity index (χ2n) is 4.93. The first-order valence-corrected chi connectivity index (χ1v) is 6.78. The predicted molar refractivity (Wildman–Crippen MR) is 72.8 cm³/mol. The second kappa shape index (κ2) is 6.76. The number of nitrogens with two attached hydrogens (primary N) is 1. The summed E-state index contributed by atoms with van der Waals surface area (Å²) in [5.41, 5.74) is 7.04. The summed E-state index contributed by atoms with van der Waals surface area (Å²) < 4.78 is 11.1. The molecule has 1 aliphatic rings. The first kappa shape index (κ1) is 13.4. The van der Waals surface area contributed by atoms with Gasteiger partial charge in [0.2, 0.25) is 0 Å². The Morgan fingerprint density at radius 3 is 2.67 bits per heavy atom. The average molecular weight is 249 g/mol. The summed E-state index contributed by atoms with van der Waals surface area (Å²) in [6.07, 6.45) is 4.99. The van der Waals surface area contributed by atoms with Gasteiger partial charge in [0.15, 0.2) is 0 Å². The van der Waals surface area contributed by atoms with Gasteiger partial charge in [0, 0.05) is 0 Å². The van der Waals surface area contributed by atoms with E-state index in [1.807, 2.05) is 12.1 Å². The van der Waals surface area contributed by atoms with Gasteiger partial charge in [0.25, 0.3) is 0 Å². The lowest BCUT2D eigenvalue weighted by molar-refractivity contribution is 0.0320. The quantitative estimate of drug-likeness (QED) is 0.842. The van der Waals surface area contributed by atoms with Crippen LogP contribution in [0.3, 0.4) is 0 Å². The van der Waals surface area contributed by atoms with E-state index >= 15 is 0 Å². The van der Waals surface area contributed by atoms with Crippen LogP contribution >= 0.6 is 0 Å². The standard InChI is InChI=1S/C15H23NO2/c1-17-14-7-5-12(6-8-14)9-10-18-15-4-2-3-13(15)11-16/h5-8,13,15H,2-4,9-11,16H2,1H3. The summed E-state index contributed by atoms with van der Waals surface area (Å²) in [7, 11) is 1.69. The smallest absolute Gasteiger partial charge is 0.118 e. The van der Waals surface area contributed by atoms with Crippen molar-refractivity contribution in [3.05, 3.63) is 29.8 Å². The van der Waals surface area contributed by atoms with Crippen molar-refractivity contribution in [1.29, 1.82) is 0 Å². The van der Waals surface area contributed by atoms with Gasteiger partial charge in [0.1, 0.15) is 5.75 Å². The van der Waals surface area contributed by atoms with Crippen LogP contribution in [0.5, 0.6) is 5.75 Å². The number of benzene rings is 1. The predicted octanol–water partition coefficient (Wildman–Crippen LogP) is 2.38. The monoisotopic (exact) mass is 249 g/mol. The van der Waals surface area contributed by atoms with E-state index < -0.39 is 0 Å². The molecule has 1 aromatic rings. The molecular weight excluding hydrogens is 226 g/mol. The summed E-state index contributed by atoms with van der Waals surface area (Å²) in [6.45, 7) is 1.54. The lowest BCUT2D eigenvalue weighted by Crippen LogP contribution is -2.26. The molecule has 2 unspecified atom stereocenters. The summed E-state index contributed by atoms with van der Waals surface area (Å²) >= 11 is 0. The van der Waals surface area contributed by atoms with E-state index in [2.05, 4.69) is 12.1 Å². The fraction of sp³-hybridized carbons (Fsp3) is 0.600. The van der Waals surface area contributed by atoms with E-state index in [1.165, 1.54) is 24.8 Å². The number of methoxy groups -OCH3 is 1. The molecule has 18 heavy (non-hydrogen) atoms. The van der Waals surface area contributed by atoms with Crippen molar-refractivity contribution in [3.8, 4) is 5.75 Å². The maximum atomic E-state index is 5.96. The van der Waals surface area contributed by atoms with Gasteiger partial charge >= 0.3 is 0 Å². The van der Waals surface area contributed by atoms with Crippen molar-refractivity contribution in [2.24, 2.45) is 11.7 Å². The minimum Gasteiger partial charge on any atom is -0.497 e. The Kier molecular flexibility index (Phi) is 5.02. The zero-order valence-electron chi connectivity index (χ0n) is 11.1. The van der Waals surface area contributed by atoms with Crippen LogP contribution in [0, 0.1) is 5.92 Å². The normalized spacial score (nSPS) is 23.2. The van der Waals surface area contributed by atoms with Gasteiger partial charge in [0.05, 0.1) is 19.8 Å². The molecule has 1 aliphatic carbocycles. The average Bonchev–Trinajstić information content (AvgIpc) is 2.87. The number of hydrogen-bond donors (Lipinski definition) is 1. The number of ether oxygens (including phenoxy) is 2. The highest BCUT2D eigenvalue weighted by molar-refractivity contribution is 5.27. The molecule has 1 fully saturated rings. The molecular formula is C15H23NO2. The van der Waals surface area contributed by atoms with Crippen LogP contribution in [0.4, 0.5) is 0 Å². The lowest BCUT2D eigenvalue weighted by atomic mass is 10.1. The third-order valence-electron chi connectivity index (χ3n) is 3.77. The SMILES string of the molecule is COc1ccc(CCOC2CCCC2CN)cc1. The highest BCUT2D eigenvalue weighted by atomic mass is 16.5. The van der Waals surface area contributed by atoms with Crippen LogP contribution in [0.2, 0.25) is 0 Å². The molecule has 2 atom stereocenters. The van der Waals surface area contributed by atoms with Crippen molar-refractivity contribution in [1.82, 2.24) is 0 Å². The van der Waals surface area contributed by atoms with E-state index in [1.54, 1.807) is 7.11 Å². The zero-order valence-corrected chi connectivity index (χ0v) is 11.1. The topological polar surface area (TPSA) is 44.5 Å². The molecule has 3 nitrogen and oxygen atoms in total. The van der Waals surface area contributed by atoms with Gasteiger partial charge in [-0.25, -0.2) is 0 Å². The van der Waals surface area contributed by atoms with Gasteiger partial charge in [-0.05, 0) is 49.4 Å². The molecule has 0 heterocycles. The van der Waals surface area contributed by atoms with Crippen molar-refractivity contribution in [2.75, 3.05) is 20.3 Å². The van der Waals surface area contributed by atoms with Gasteiger partial charge in [-0.3, -0.25) is 0 Å². The molecule has 0 radical (unpaired) electrons. The van der Waals surface area contributed by atoms with Gasteiger partial charge < -0.3 is 15.2 Å². The van der Waals surface area contributed by atoms with Gasteiger partial charge in [-0.1, -0.05) is 18.6 Å². The third-order valence-corrected chi connectivity index (χ3v) is 3.77. The minimum atomic E-state index is 0.383. The Morgan fingerprint density at radius 2 is 2.00 bits per heavy atom. The largest absolute Gasteiger partial charge is 0.497 e. The van der Waals surface area contributed by atoms with E-state index in [0.29, 0.717) is 12.0 Å². The van der Waals surface area contributed by atoms with Crippen molar-refractivity contribution in [2.45, 2.75) is 31.8 Å². The molecule has 0 amide bonds. The second-order valence-corrected chi connectivity index (χ2v) is 4.93. The van der Waals surface area contributed by atoms with Gasteiger partial charge in [-0.15, -0.1) is 0 Å². The molecule has 0 saturated heterocycles. The van der Waals surface area contributed by atoms with E-state index in [4.69, 9.17) is 15.2 Å². The maximum absolute atomic E-state index is 5.96. The fourth-order valence-electron chi connectivity index (χ4n) is 2.61. The van der Waals surface area contributed by atoms with Crippen LogP contribution < -0.4 is 10.5 Å². The Balaban J connectivity index is 1.74. The molecule has 0 bridgehead atoms. The van der Waals surface area contributed by atoms with Crippen molar-refractivity contribution in [3.63, 3.8) is 0 Å². The lowest BCUT2D eigenvalue weighted by Gasteiger charge is -2.18. The molecule has 2 rings (SSSR count). The Morgan fingerprint density at radius 1 is 1.22 bits per heavy atom. The molecule has 0 aliphatic heterocycles. The first-order valence-electron chi connectivity index (χ1n) is 6.78. The minimum absolute atomic E-state index is 0.383. The summed E-state index contributed by atoms with van der Waals surface area (Å²) in [5.74, 6) is 1.47. The highest BCUT2D eigenvalue weighted by Crippen LogP contribution is 2.27. The molecule has 3 heteroatoms. The van der Waals surface area contributed by atoms with Crippen LogP contribution in [-0.2, 0) is 11.2 Å². The van der Waals surface area contributed by atoms with Crippen LogP contribution in [0.15, 0.2) is 24.3 Å². The number of hydrogen-bond acceptors (Lipinski definition) is 3. The molecule has 1 saturated carbocycles. The molecule has 100 valence electrons. The van der Waals surface area contributed by atoms with Crippen molar-refractivity contribution >= 4 is 0 Å². The Labute approximate surface area is 109 Å². The summed E-state index contributed by atoms with van der Waals surface area (Å²) in [6, 6.07) is 8.18. The zero-order chi connectivity index (χ0) is 12.8. The first-order chi connectivity index (χ1) is 8.83. The molecule has 2 N–H and O–H groups in total. The molecule has 0 spiro atoms.